The third kappa shape index (κ3) is 5.93. The van der Waals surface area contributed by atoms with E-state index in [0.717, 1.165) is 6.07 Å². The van der Waals surface area contributed by atoms with E-state index in [1.54, 1.807) is 6.08 Å². The third-order valence-electron chi connectivity index (χ3n) is 5.34. The zero-order valence-electron chi connectivity index (χ0n) is 17.3. The monoisotopic (exact) mass is 503 g/mol. The Balaban J connectivity index is 2.09. The van der Waals surface area contributed by atoms with Gasteiger partial charge in [0, 0.05) is 30.7 Å². The number of pyridine rings is 1. The topological polar surface area (TPSA) is 104 Å². The number of benzene rings is 1. The molecular weight excluding hydrogens is 483 g/mol. The number of H-pyrrole nitrogens is 1. The summed E-state index contributed by atoms with van der Waals surface area (Å²) in [5.74, 6) is -0.438. The van der Waals surface area contributed by atoms with Gasteiger partial charge in [-0.1, -0.05) is 23.7 Å². The number of aromatic nitrogens is 1. The van der Waals surface area contributed by atoms with Gasteiger partial charge in [0.15, 0.2) is 9.84 Å². The summed E-state index contributed by atoms with van der Waals surface area (Å²) >= 11 is 6.24. The van der Waals surface area contributed by atoms with Crippen LogP contribution in [0.2, 0.25) is 5.02 Å². The Hall–Kier alpha value is -2.43. The molecule has 0 radical (unpaired) electrons. The van der Waals surface area contributed by atoms with Crippen LogP contribution in [0.1, 0.15) is 42.5 Å². The van der Waals surface area contributed by atoms with Gasteiger partial charge in [0.2, 0.25) is 0 Å². The smallest absolute Gasteiger partial charge is 0.396 e. The molecule has 33 heavy (non-hydrogen) atoms. The lowest BCUT2D eigenvalue weighted by atomic mass is 9.95. The van der Waals surface area contributed by atoms with E-state index < -0.39 is 27.1 Å². The fourth-order valence-electron chi connectivity index (χ4n) is 3.70. The Morgan fingerprint density at radius 3 is 2.48 bits per heavy atom. The summed E-state index contributed by atoms with van der Waals surface area (Å²) in [6.07, 6.45) is -1.91. The Kier molecular flexibility index (Phi) is 7.50. The van der Waals surface area contributed by atoms with E-state index in [-0.39, 0.29) is 52.5 Å². The summed E-state index contributed by atoms with van der Waals surface area (Å²) < 4.78 is 63.9. The van der Waals surface area contributed by atoms with E-state index in [0.29, 0.717) is 30.0 Å². The summed E-state index contributed by atoms with van der Waals surface area (Å²) in [6, 6.07) is 5.87. The average molecular weight is 504 g/mol. The van der Waals surface area contributed by atoms with Crippen LogP contribution in [0.15, 0.2) is 46.1 Å². The molecule has 1 aliphatic rings. The molecule has 0 bridgehead atoms. The Morgan fingerprint density at radius 1 is 1.21 bits per heavy atom. The SMILES string of the molecule is O=C1CC[C@H](/C=C(\c2ccc(S(=O)(=O)CCCO)c(Cl)c2)c2ccc(C(F)(F)F)c(=O)[nH]2)C1. The highest BCUT2D eigenvalue weighted by Gasteiger charge is 2.34. The number of nitrogens with one attached hydrogen (secondary N) is 1. The second kappa shape index (κ2) is 9.82. The second-order valence-electron chi connectivity index (χ2n) is 7.78. The first kappa shape index (κ1) is 25.2. The van der Waals surface area contributed by atoms with Gasteiger partial charge in [-0.3, -0.25) is 9.59 Å². The fraction of sp³-hybridized carbons (Fsp3) is 0.364. The zero-order chi connectivity index (χ0) is 24.4. The van der Waals surface area contributed by atoms with Crippen molar-refractivity contribution in [2.24, 2.45) is 5.92 Å². The first-order chi connectivity index (χ1) is 15.4. The van der Waals surface area contributed by atoms with Crippen LogP contribution in [0.25, 0.3) is 5.57 Å². The maximum absolute atomic E-state index is 13.0. The highest BCUT2D eigenvalue weighted by Crippen LogP contribution is 2.34. The lowest BCUT2D eigenvalue weighted by Crippen LogP contribution is -2.22. The van der Waals surface area contributed by atoms with Gasteiger partial charge in [-0.25, -0.2) is 8.42 Å². The normalized spacial score (nSPS) is 17.5. The lowest BCUT2D eigenvalue weighted by Gasteiger charge is -2.14. The number of rotatable bonds is 7. The number of aliphatic hydroxyl groups excluding tert-OH is 1. The van der Waals surface area contributed by atoms with Crippen molar-refractivity contribution in [3.8, 4) is 0 Å². The number of carbonyl (C=O) groups is 1. The molecule has 1 aromatic heterocycles. The van der Waals surface area contributed by atoms with Crippen molar-refractivity contribution in [2.75, 3.05) is 12.4 Å². The van der Waals surface area contributed by atoms with Crippen molar-refractivity contribution in [3.63, 3.8) is 0 Å². The molecule has 1 heterocycles. The highest BCUT2D eigenvalue weighted by atomic mass is 35.5. The van der Waals surface area contributed by atoms with Crippen LogP contribution in [0, 0.1) is 5.92 Å². The Morgan fingerprint density at radius 2 is 1.94 bits per heavy atom. The molecule has 0 saturated heterocycles. The van der Waals surface area contributed by atoms with Crippen molar-refractivity contribution < 1.29 is 31.5 Å². The van der Waals surface area contributed by atoms with Gasteiger partial charge in [0.25, 0.3) is 5.56 Å². The number of alkyl halides is 3. The third-order valence-corrected chi connectivity index (χ3v) is 7.62. The summed E-state index contributed by atoms with van der Waals surface area (Å²) in [6.45, 7) is -0.302. The van der Waals surface area contributed by atoms with E-state index in [1.807, 2.05) is 0 Å². The van der Waals surface area contributed by atoms with Crippen LogP contribution < -0.4 is 5.56 Å². The lowest BCUT2D eigenvalue weighted by molar-refractivity contribution is -0.138. The molecule has 1 aromatic carbocycles. The zero-order valence-corrected chi connectivity index (χ0v) is 18.9. The molecule has 3 rings (SSSR count). The van der Waals surface area contributed by atoms with Crippen molar-refractivity contribution in [1.82, 2.24) is 4.98 Å². The summed E-state index contributed by atoms with van der Waals surface area (Å²) in [7, 11) is -3.76. The number of Topliss-reactive ketones (excluding diaryl/α,β-unsaturated/α-hetero) is 1. The number of hydrogen-bond acceptors (Lipinski definition) is 5. The van der Waals surface area contributed by atoms with Crippen molar-refractivity contribution in [1.29, 1.82) is 0 Å². The predicted molar refractivity (Wildman–Crippen MR) is 117 cm³/mol. The minimum atomic E-state index is -4.82. The molecule has 2 N–H and O–H groups in total. The van der Waals surface area contributed by atoms with Crippen molar-refractivity contribution in [3.05, 3.63) is 68.6 Å². The highest BCUT2D eigenvalue weighted by molar-refractivity contribution is 7.91. The van der Waals surface area contributed by atoms with Crippen LogP contribution in [0.3, 0.4) is 0 Å². The Bertz CT molecular complexity index is 1250. The maximum atomic E-state index is 13.0. The minimum absolute atomic E-state index is 0.0358. The van der Waals surface area contributed by atoms with Gasteiger partial charge in [-0.15, -0.1) is 0 Å². The van der Waals surface area contributed by atoms with E-state index in [1.165, 1.54) is 18.2 Å². The fourth-order valence-corrected chi connectivity index (χ4v) is 5.60. The number of halogens is 4. The molecule has 1 saturated carbocycles. The molecule has 6 nitrogen and oxygen atoms in total. The van der Waals surface area contributed by atoms with Gasteiger partial charge in [0.1, 0.15) is 11.3 Å². The summed E-state index contributed by atoms with van der Waals surface area (Å²) in [4.78, 5) is 25.9. The van der Waals surface area contributed by atoms with Gasteiger partial charge in [0.05, 0.1) is 15.7 Å². The molecular formula is C22H21ClF3NO5S. The molecule has 0 amide bonds. The van der Waals surface area contributed by atoms with Crippen LogP contribution in [0.5, 0.6) is 0 Å². The number of aliphatic hydroxyl groups is 1. The number of sulfone groups is 1. The van der Waals surface area contributed by atoms with E-state index >= 15 is 0 Å². The molecule has 11 heteroatoms. The molecule has 0 spiro atoms. The molecule has 1 atom stereocenters. The first-order valence-electron chi connectivity index (χ1n) is 10.1. The standard InChI is InChI=1S/C22H21ClF3NO5S/c23-18-12-14(3-7-20(18)33(31,32)9-1-8-28)16(11-13-2-4-15(29)10-13)19-6-5-17(21(30)27-19)22(24,25)26/h3,5-7,11-13,28H,1-2,4,8-10H2,(H,27,30)/b16-11+/t13-/m0/s1. The van der Waals surface area contributed by atoms with Crippen LogP contribution in [0.4, 0.5) is 13.2 Å². The largest absolute Gasteiger partial charge is 0.421 e. The first-order valence-corrected chi connectivity index (χ1v) is 12.1. The average Bonchev–Trinajstić information content (AvgIpc) is 3.14. The molecule has 0 aliphatic heterocycles. The summed E-state index contributed by atoms with van der Waals surface area (Å²) in [5, 5.41) is 8.80. The van der Waals surface area contributed by atoms with E-state index in [9.17, 15) is 31.2 Å². The van der Waals surface area contributed by atoms with Gasteiger partial charge in [-0.05, 0) is 48.6 Å². The number of aromatic amines is 1. The van der Waals surface area contributed by atoms with E-state index in [4.69, 9.17) is 16.7 Å². The number of ketones is 1. The van der Waals surface area contributed by atoms with Gasteiger partial charge in [-0.2, -0.15) is 13.2 Å². The molecule has 0 unspecified atom stereocenters. The molecule has 2 aromatic rings. The van der Waals surface area contributed by atoms with Crippen molar-refractivity contribution in [2.45, 2.75) is 36.8 Å². The molecule has 1 fully saturated rings. The van der Waals surface area contributed by atoms with Crippen LogP contribution in [-0.4, -0.2) is 36.7 Å². The molecule has 178 valence electrons. The van der Waals surface area contributed by atoms with Crippen molar-refractivity contribution >= 4 is 32.8 Å². The number of hydrogen-bond donors (Lipinski definition) is 2. The predicted octanol–water partition coefficient (Wildman–Crippen LogP) is 4.00. The quantitative estimate of drug-likeness (QED) is 0.594. The van der Waals surface area contributed by atoms with Gasteiger partial charge < -0.3 is 10.1 Å². The second-order valence-corrected chi connectivity index (χ2v) is 10.3. The Labute approximate surface area is 193 Å². The van der Waals surface area contributed by atoms with Gasteiger partial charge >= 0.3 is 6.18 Å². The summed E-state index contributed by atoms with van der Waals surface area (Å²) in [5.41, 5.74) is -1.87. The number of carbonyl (C=O) groups excluding carboxylic acids is 1. The minimum Gasteiger partial charge on any atom is -0.396 e. The van der Waals surface area contributed by atoms with Crippen LogP contribution in [-0.2, 0) is 20.8 Å². The van der Waals surface area contributed by atoms with E-state index in [2.05, 4.69) is 4.98 Å². The number of allylic oxidation sites excluding steroid dienone is 1. The van der Waals surface area contributed by atoms with Crippen LogP contribution >= 0.6 is 11.6 Å². The molecule has 1 aliphatic carbocycles. The maximum Gasteiger partial charge on any atom is 0.421 e.